The Morgan fingerprint density at radius 1 is 1.24 bits per heavy atom. The molecule has 4 unspecified atom stereocenters. The molecule has 3 heterocycles. The smallest absolute Gasteiger partial charge is 0.293 e. The Balaban J connectivity index is 1.73. The standard InChI is InChI=1S/C19H19N3O3/c23-19(17-11-13-8-10-21(17)12-13)18(22(24)25)15-6-2-1-5-14(15)16-7-3-4-9-20-16/h1-7,9,13,17-18H,8,10-12H2. The molecule has 6 nitrogen and oxygen atoms in total. The highest BCUT2D eigenvalue weighted by molar-refractivity contribution is 5.91. The molecular weight excluding hydrogens is 318 g/mol. The molecule has 4 atom stereocenters. The minimum atomic E-state index is -1.34. The Labute approximate surface area is 145 Å². The number of nitrogens with zero attached hydrogens (tertiary/aromatic N) is 3. The highest BCUT2D eigenvalue weighted by Gasteiger charge is 2.47. The summed E-state index contributed by atoms with van der Waals surface area (Å²) in [5, 5.41) is 11.8. The van der Waals surface area contributed by atoms with Crippen molar-refractivity contribution in [1.82, 2.24) is 9.88 Å². The number of nitro groups is 1. The molecule has 0 spiro atoms. The van der Waals surface area contributed by atoms with Gasteiger partial charge < -0.3 is 0 Å². The fourth-order valence-corrected chi connectivity index (χ4v) is 4.14. The first kappa shape index (κ1) is 15.9. The van der Waals surface area contributed by atoms with Gasteiger partial charge in [0.2, 0.25) is 5.78 Å². The Morgan fingerprint density at radius 2 is 2.04 bits per heavy atom. The molecule has 25 heavy (non-hydrogen) atoms. The van der Waals surface area contributed by atoms with E-state index >= 15 is 0 Å². The lowest BCUT2D eigenvalue weighted by Crippen LogP contribution is -2.41. The zero-order valence-electron chi connectivity index (χ0n) is 13.7. The van der Waals surface area contributed by atoms with Gasteiger partial charge in [0.05, 0.1) is 11.7 Å². The van der Waals surface area contributed by atoms with E-state index in [4.69, 9.17) is 0 Å². The van der Waals surface area contributed by atoms with Gasteiger partial charge in [0.1, 0.15) is 0 Å². The van der Waals surface area contributed by atoms with Gasteiger partial charge in [0, 0.05) is 28.8 Å². The summed E-state index contributed by atoms with van der Waals surface area (Å²) < 4.78 is 0. The van der Waals surface area contributed by atoms with Gasteiger partial charge in [-0.05, 0) is 37.4 Å². The average molecular weight is 337 g/mol. The van der Waals surface area contributed by atoms with E-state index in [1.165, 1.54) is 0 Å². The molecule has 0 aliphatic carbocycles. The van der Waals surface area contributed by atoms with Crippen LogP contribution in [0.1, 0.15) is 24.4 Å². The Kier molecular flexibility index (Phi) is 4.05. The minimum absolute atomic E-state index is 0.296. The Bertz CT molecular complexity index is 809. The topological polar surface area (TPSA) is 76.3 Å². The first-order valence-corrected chi connectivity index (χ1v) is 8.56. The molecule has 0 radical (unpaired) electrons. The average Bonchev–Trinajstić information content (AvgIpc) is 3.26. The van der Waals surface area contributed by atoms with Crippen LogP contribution in [0.3, 0.4) is 0 Å². The molecule has 2 bridgehead atoms. The van der Waals surface area contributed by atoms with E-state index in [0.717, 1.165) is 25.9 Å². The van der Waals surface area contributed by atoms with Crippen LogP contribution in [0.25, 0.3) is 11.3 Å². The van der Waals surface area contributed by atoms with Crippen LogP contribution in [0.5, 0.6) is 0 Å². The first-order valence-electron chi connectivity index (χ1n) is 8.56. The number of ketones is 1. The number of benzene rings is 1. The summed E-state index contributed by atoms with van der Waals surface area (Å²) in [5.41, 5.74) is 1.72. The van der Waals surface area contributed by atoms with Crippen LogP contribution >= 0.6 is 0 Å². The number of Topliss-reactive ketones (excluding diaryl/α,β-unsaturated/α-hetero) is 1. The molecule has 128 valence electrons. The van der Waals surface area contributed by atoms with Gasteiger partial charge in [0.15, 0.2) is 0 Å². The highest BCUT2D eigenvalue weighted by atomic mass is 16.6. The van der Waals surface area contributed by atoms with Gasteiger partial charge in [0.25, 0.3) is 6.04 Å². The molecule has 2 aliphatic heterocycles. The predicted octanol–water partition coefficient (Wildman–Crippen LogP) is 2.73. The molecule has 1 aromatic carbocycles. The second-order valence-corrected chi connectivity index (χ2v) is 6.79. The lowest BCUT2D eigenvalue weighted by molar-refractivity contribution is -0.513. The van der Waals surface area contributed by atoms with E-state index in [-0.39, 0.29) is 11.8 Å². The number of carbonyl (C=O) groups excluding carboxylic acids is 1. The third-order valence-electron chi connectivity index (χ3n) is 5.32. The molecular formula is C19H19N3O3. The van der Waals surface area contributed by atoms with E-state index < -0.39 is 11.0 Å². The molecule has 2 aliphatic rings. The summed E-state index contributed by atoms with van der Waals surface area (Å²) in [6.07, 6.45) is 3.49. The third kappa shape index (κ3) is 2.82. The van der Waals surface area contributed by atoms with Crippen LogP contribution in [0, 0.1) is 16.0 Å². The summed E-state index contributed by atoms with van der Waals surface area (Å²) in [6, 6.07) is 10.8. The molecule has 2 fully saturated rings. The summed E-state index contributed by atoms with van der Waals surface area (Å²) in [5.74, 6) is 0.211. The summed E-state index contributed by atoms with van der Waals surface area (Å²) >= 11 is 0. The van der Waals surface area contributed by atoms with Crippen LogP contribution in [-0.2, 0) is 4.79 Å². The van der Waals surface area contributed by atoms with Crippen molar-refractivity contribution in [2.75, 3.05) is 13.1 Å². The number of hydrogen-bond acceptors (Lipinski definition) is 5. The van der Waals surface area contributed by atoms with Gasteiger partial charge in [-0.25, -0.2) is 0 Å². The molecule has 6 heteroatoms. The van der Waals surface area contributed by atoms with Gasteiger partial charge in [-0.1, -0.05) is 30.3 Å². The fourth-order valence-electron chi connectivity index (χ4n) is 4.14. The van der Waals surface area contributed by atoms with Crippen molar-refractivity contribution in [2.45, 2.75) is 24.9 Å². The molecule has 4 rings (SSSR count). The van der Waals surface area contributed by atoms with Crippen LogP contribution in [0.15, 0.2) is 48.7 Å². The number of carbonyl (C=O) groups is 1. The first-order chi connectivity index (χ1) is 12.1. The summed E-state index contributed by atoms with van der Waals surface area (Å²) in [6.45, 7) is 1.76. The second-order valence-electron chi connectivity index (χ2n) is 6.79. The fraction of sp³-hybridized carbons (Fsp3) is 0.368. The van der Waals surface area contributed by atoms with Crippen molar-refractivity contribution in [3.8, 4) is 11.3 Å². The molecule has 2 aromatic rings. The molecule has 0 saturated carbocycles. The van der Waals surface area contributed by atoms with E-state index in [2.05, 4.69) is 9.88 Å². The maximum atomic E-state index is 13.1. The third-order valence-corrected chi connectivity index (χ3v) is 5.32. The number of piperidine rings is 1. The number of pyridine rings is 1. The van der Waals surface area contributed by atoms with Crippen molar-refractivity contribution in [3.05, 3.63) is 64.3 Å². The number of aromatic nitrogens is 1. The van der Waals surface area contributed by atoms with Gasteiger partial charge in [-0.15, -0.1) is 0 Å². The lowest BCUT2D eigenvalue weighted by Gasteiger charge is -2.25. The van der Waals surface area contributed by atoms with Crippen molar-refractivity contribution >= 4 is 5.78 Å². The maximum Gasteiger partial charge on any atom is 0.297 e. The number of fused-ring (bicyclic) bond motifs is 2. The Morgan fingerprint density at radius 3 is 2.68 bits per heavy atom. The molecule has 0 amide bonds. The molecule has 0 N–H and O–H groups in total. The van der Waals surface area contributed by atoms with Crippen molar-refractivity contribution in [3.63, 3.8) is 0 Å². The lowest BCUT2D eigenvalue weighted by atomic mass is 9.89. The van der Waals surface area contributed by atoms with Crippen molar-refractivity contribution in [2.24, 2.45) is 5.92 Å². The quantitative estimate of drug-likeness (QED) is 0.619. The monoisotopic (exact) mass is 337 g/mol. The van der Waals surface area contributed by atoms with Crippen molar-refractivity contribution < 1.29 is 9.72 Å². The normalized spacial score (nSPS) is 25.7. The predicted molar refractivity (Wildman–Crippen MR) is 92.5 cm³/mol. The van der Waals surface area contributed by atoms with E-state index in [1.54, 1.807) is 36.5 Å². The van der Waals surface area contributed by atoms with Gasteiger partial charge in [-0.2, -0.15) is 0 Å². The molecule has 2 saturated heterocycles. The van der Waals surface area contributed by atoms with Gasteiger partial charge >= 0.3 is 0 Å². The SMILES string of the molecule is O=C(C1CC2CCN1C2)C(c1ccccc1-c1ccccn1)[N+](=O)[O-]. The zero-order chi connectivity index (χ0) is 17.4. The highest BCUT2D eigenvalue weighted by Crippen LogP contribution is 2.37. The van der Waals surface area contributed by atoms with E-state index in [0.29, 0.717) is 22.7 Å². The molecule has 1 aromatic heterocycles. The largest absolute Gasteiger partial charge is 0.297 e. The van der Waals surface area contributed by atoms with Crippen LogP contribution in [0.4, 0.5) is 0 Å². The second kappa shape index (κ2) is 6.37. The van der Waals surface area contributed by atoms with E-state index in [1.807, 2.05) is 12.1 Å². The zero-order valence-corrected chi connectivity index (χ0v) is 13.7. The van der Waals surface area contributed by atoms with E-state index in [9.17, 15) is 14.9 Å². The number of hydrogen-bond donors (Lipinski definition) is 0. The Hall–Kier alpha value is -2.60. The van der Waals surface area contributed by atoms with Crippen molar-refractivity contribution in [1.29, 1.82) is 0 Å². The van der Waals surface area contributed by atoms with Crippen LogP contribution < -0.4 is 0 Å². The van der Waals surface area contributed by atoms with Crippen LogP contribution in [-0.4, -0.2) is 39.7 Å². The van der Waals surface area contributed by atoms with Gasteiger partial charge in [-0.3, -0.25) is 24.8 Å². The maximum absolute atomic E-state index is 13.1. The number of rotatable bonds is 5. The summed E-state index contributed by atoms with van der Waals surface area (Å²) in [7, 11) is 0. The van der Waals surface area contributed by atoms with Crippen LogP contribution in [0.2, 0.25) is 0 Å². The summed E-state index contributed by atoms with van der Waals surface area (Å²) in [4.78, 5) is 30.8. The minimum Gasteiger partial charge on any atom is -0.293 e.